The van der Waals surface area contributed by atoms with E-state index in [2.05, 4.69) is 0 Å². The normalized spacial score (nSPS) is 14.0. The molecule has 0 radical (unpaired) electrons. The third kappa shape index (κ3) is 5.00. The number of amides is 2. The van der Waals surface area contributed by atoms with Gasteiger partial charge in [0.2, 0.25) is 11.8 Å². The maximum atomic E-state index is 13.2. The molecular formula is C22H27FN2O3. The predicted molar refractivity (Wildman–Crippen MR) is 104 cm³/mol. The quantitative estimate of drug-likeness (QED) is 0.689. The van der Waals surface area contributed by atoms with Crippen LogP contribution in [0.5, 0.6) is 0 Å². The lowest BCUT2D eigenvalue weighted by Gasteiger charge is -2.35. The molecule has 0 N–H and O–H groups in total. The van der Waals surface area contributed by atoms with E-state index in [-0.39, 0.29) is 36.1 Å². The van der Waals surface area contributed by atoms with E-state index in [0.717, 1.165) is 24.8 Å². The molecule has 1 saturated carbocycles. The Kier molecular flexibility index (Phi) is 6.49. The number of carbonyl (C=O) groups excluding carboxylic acids is 2. The van der Waals surface area contributed by atoms with E-state index < -0.39 is 0 Å². The number of nitrogens with zero attached hydrogens (tertiary/aromatic N) is 2. The topological polar surface area (TPSA) is 53.8 Å². The van der Waals surface area contributed by atoms with Crippen LogP contribution in [0.15, 0.2) is 47.1 Å². The molecule has 0 aliphatic heterocycles. The van der Waals surface area contributed by atoms with Crippen molar-refractivity contribution in [1.82, 2.24) is 9.80 Å². The van der Waals surface area contributed by atoms with E-state index in [1.807, 2.05) is 19.9 Å². The number of halogens is 1. The lowest BCUT2D eigenvalue weighted by Crippen LogP contribution is -2.48. The average Bonchev–Trinajstić information content (AvgIpc) is 3.12. The fourth-order valence-corrected chi connectivity index (χ4v) is 3.28. The summed E-state index contributed by atoms with van der Waals surface area (Å²) in [4.78, 5) is 29.2. The first-order chi connectivity index (χ1) is 13.4. The van der Waals surface area contributed by atoms with Crippen LogP contribution in [-0.4, -0.2) is 34.2 Å². The van der Waals surface area contributed by atoms with Crippen molar-refractivity contribution in [3.8, 4) is 0 Å². The third-order valence-corrected chi connectivity index (χ3v) is 5.23. The molecule has 1 heterocycles. The molecule has 0 saturated heterocycles. The highest BCUT2D eigenvalue weighted by Crippen LogP contribution is 2.29. The highest BCUT2D eigenvalue weighted by molar-refractivity contribution is 5.86. The van der Waals surface area contributed by atoms with Gasteiger partial charge in [-0.25, -0.2) is 4.39 Å². The maximum absolute atomic E-state index is 13.2. The maximum Gasteiger partial charge on any atom is 0.242 e. The molecule has 5 nitrogen and oxygen atoms in total. The number of hydrogen-bond donors (Lipinski definition) is 0. The Morgan fingerprint density at radius 1 is 1.14 bits per heavy atom. The standard InChI is InChI=1S/C22H27FN2O3/c1-16(2)25(22(27)18-5-3-6-18)15-21(26)24(14-20-7-4-12-28-20)13-17-8-10-19(23)11-9-17/h4,7-12,16,18H,3,5-6,13-15H2,1-2H3. The SMILES string of the molecule is CC(C)N(CC(=O)N(Cc1ccc(F)cc1)Cc1ccco1)C(=O)C1CCC1. The van der Waals surface area contributed by atoms with E-state index in [9.17, 15) is 14.0 Å². The first kappa shape index (κ1) is 20.1. The van der Waals surface area contributed by atoms with E-state index >= 15 is 0 Å². The minimum atomic E-state index is -0.315. The summed E-state index contributed by atoms with van der Waals surface area (Å²) in [6.07, 6.45) is 4.45. The minimum Gasteiger partial charge on any atom is -0.467 e. The molecule has 1 fully saturated rings. The number of benzene rings is 1. The molecule has 150 valence electrons. The van der Waals surface area contributed by atoms with E-state index in [1.54, 1.807) is 34.3 Å². The lowest BCUT2D eigenvalue weighted by atomic mass is 9.84. The first-order valence-corrected chi connectivity index (χ1v) is 9.79. The summed E-state index contributed by atoms with van der Waals surface area (Å²) in [6, 6.07) is 9.63. The minimum absolute atomic E-state index is 0.0366. The van der Waals surface area contributed by atoms with E-state index in [1.165, 1.54) is 12.1 Å². The number of hydrogen-bond acceptors (Lipinski definition) is 3. The van der Waals surface area contributed by atoms with Crippen LogP contribution >= 0.6 is 0 Å². The molecule has 3 rings (SSSR count). The summed E-state index contributed by atoms with van der Waals surface area (Å²) in [5.74, 6) is 0.309. The highest BCUT2D eigenvalue weighted by Gasteiger charge is 2.32. The van der Waals surface area contributed by atoms with Gasteiger partial charge in [0.05, 0.1) is 12.8 Å². The van der Waals surface area contributed by atoms with Crippen molar-refractivity contribution in [3.63, 3.8) is 0 Å². The molecule has 1 aliphatic rings. The molecule has 0 bridgehead atoms. The van der Waals surface area contributed by atoms with Gasteiger partial charge in [-0.1, -0.05) is 18.6 Å². The number of rotatable bonds is 8. The summed E-state index contributed by atoms with van der Waals surface area (Å²) in [5, 5.41) is 0. The van der Waals surface area contributed by atoms with Crippen LogP contribution < -0.4 is 0 Å². The third-order valence-electron chi connectivity index (χ3n) is 5.23. The van der Waals surface area contributed by atoms with Crippen molar-refractivity contribution < 1.29 is 18.4 Å². The van der Waals surface area contributed by atoms with Gasteiger partial charge in [0, 0.05) is 18.5 Å². The summed E-state index contributed by atoms with van der Waals surface area (Å²) < 4.78 is 18.6. The van der Waals surface area contributed by atoms with Gasteiger partial charge in [-0.2, -0.15) is 0 Å². The Bertz CT molecular complexity index is 783. The lowest BCUT2D eigenvalue weighted by molar-refractivity contribution is -0.147. The van der Waals surface area contributed by atoms with Gasteiger partial charge in [0.1, 0.15) is 18.1 Å². The summed E-state index contributed by atoms with van der Waals surface area (Å²) in [6.45, 7) is 4.52. The molecule has 1 aromatic heterocycles. The fourth-order valence-electron chi connectivity index (χ4n) is 3.28. The van der Waals surface area contributed by atoms with Crippen LogP contribution in [-0.2, 0) is 22.7 Å². The van der Waals surface area contributed by atoms with Crippen molar-refractivity contribution >= 4 is 11.8 Å². The molecule has 28 heavy (non-hydrogen) atoms. The summed E-state index contributed by atoms with van der Waals surface area (Å²) in [5.41, 5.74) is 0.822. The van der Waals surface area contributed by atoms with E-state index in [4.69, 9.17) is 4.42 Å². The second-order valence-corrected chi connectivity index (χ2v) is 7.64. The van der Waals surface area contributed by atoms with Crippen LogP contribution in [0.3, 0.4) is 0 Å². The zero-order chi connectivity index (χ0) is 20.1. The Labute approximate surface area is 165 Å². The Balaban J connectivity index is 1.74. The Morgan fingerprint density at radius 2 is 1.86 bits per heavy atom. The van der Waals surface area contributed by atoms with Crippen molar-refractivity contribution in [1.29, 1.82) is 0 Å². The van der Waals surface area contributed by atoms with Gasteiger partial charge >= 0.3 is 0 Å². The zero-order valence-electron chi connectivity index (χ0n) is 16.4. The molecule has 2 aromatic rings. The average molecular weight is 386 g/mol. The van der Waals surface area contributed by atoms with Crippen LogP contribution in [0.4, 0.5) is 4.39 Å². The molecule has 0 spiro atoms. The van der Waals surface area contributed by atoms with Gasteiger partial charge in [-0.05, 0) is 56.5 Å². The number of furan rings is 1. The van der Waals surface area contributed by atoms with Crippen molar-refractivity contribution in [2.45, 2.75) is 52.2 Å². The smallest absolute Gasteiger partial charge is 0.242 e. The first-order valence-electron chi connectivity index (χ1n) is 9.79. The number of carbonyl (C=O) groups is 2. The van der Waals surface area contributed by atoms with Gasteiger partial charge < -0.3 is 14.2 Å². The molecule has 0 atom stereocenters. The molecule has 1 aromatic carbocycles. The molecule has 0 unspecified atom stereocenters. The predicted octanol–water partition coefficient (Wildman–Crippen LogP) is 3.98. The molecule has 1 aliphatic carbocycles. The van der Waals surface area contributed by atoms with Crippen LogP contribution in [0.25, 0.3) is 0 Å². The Morgan fingerprint density at radius 3 is 2.39 bits per heavy atom. The highest BCUT2D eigenvalue weighted by atomic mass is 19.1. The fraction of sp³-hybridized carbons (Fsp3) is 0.455. The van der Waals surface area contributed by atoms with Crippen LogP contribution in [0, 0.1) is 11.7 Å². The van der Waals surface area contributed by atoms with Crippen molar-refractivity contribution in [2.24, 2.45) is 5.92 Å². The molecule has 2 amide bonds. The van der Waals surface area contributed by atoms with Crippen LogP contribution in [0.1, 0.15) is 44.4 Å². The largest absolute Gasteiger partial charge is 0.467 e. The van der Waals surface area contributed by atoms with E-state index in [0.29, 0.717) is 18.8 Å². The van der Waals surface area contributed by atoms with Gasteiger partial charge in [0.25, 0.3) is 0 Å². The monoisotopic (exact) mass is 386 g/mol. The van der Waals surface area contributed by atoms with Gasteiger partial charge in [0.15, 0.2) is 0 Å². The van der Waals surface area contributed by atoms with Crippen molar-refractivity contribution in [3.05, 3.63) is 59.8 Å². The second-order valence-electron chi connectivity index (χ2n) is 7.64. The van der Waals surface area contributed by atoms with Gasteiger partial charge in [-0.3, -0.25) is 9.59 Å². The summed E-state index contributed by atoms with van der Waals surface area (Å²) >= 11 is 0. The Hall–Kier alpha value is -2.63. The molecule has 6 heteroatoms. The second kappa shape index (κ2) is 9.04. The molecular weight excluding hydrogens is 359 g/mol. The summed E-state index contributed by atoms with van der Waals surface area (Å²) in [7, 11) is 0. The van der Waals surface area contributed by atoms with Crippen LogP contribution in [0.2, 0.25) is 0 Å². The van der Waals surface area contributed by atoms with Gasteiger partial charge in [-0.15, -0.1) is 0 Å². The zero-order valence-corrected chi connectivity index (χ0v) is 16.4. The van der Waals surface area contributed by atoms with Crippen molar-refractivity contribution in [2.75, 3.05) is 6.54 Å².